The summed E-state index contributed by atoms with van der Waals surface area (Å²) >= 11 is 0. The summed E-state index contributed by atoms with van der Waals surface area (Å²) in [5.41, 5.74) is 9.28. The molecule has 2 aromatic rings. The van der Waals surface area contributed by atoms with Gasteiger partial charge in [-0.2, -0.15) is 0 Å². The predicted molar refractivity (Wildman–Crippen MR) is 81.9 cm³/mol. The van der Waals surface area contributed by atoms with E-state index in [4.69, 9.17) is 5.73 Å². The van der Waals surface area contributed by atoms with Crippen LogP contribution in [0.1, 0.15) is 24.1 Å². The van der Waals surface area contributed by atoms with Crippen molar-refractivity contribution in [3.63, 3.8) is 0 Å². The van der Waals surface area contributed by atoms with Crippen LogP contribution in [0.2, 0.25) is 0 Å². The van der Waals surface area contributed by atoms with Gasteiger partial charge in [-0.3, -0.25) is 4.90 Å². The molecule has 0 atom stereocenters. The van der Waals surface area contributed by atoms with Gasteiger partial charge in [0.25, 0.3) is 0 Å². The van der Waals surface area contributed by atoms with Gasteiger partial charge in [-0.05, 0) is 43.2 Å². The number of sulfone groups is 1. The van der Waals surface area contributed by atoms with Gasteiger partial charge in [0.15, 0.2) is 5.52 Å². The molecule has 0 aromatic carbocycles. The van der Waals surface area contributed by atoms with Gasteiger partial charge in [-0.25, -0.2) is 18.0 Å². The number of aryl methyl sites for hydroxylation is 1. The van der Waals surface area contributed by atoms with Crippen LogP contribution < -0.4 is 5.73 Å². The fourth-order valence-corrected chi connectivity index (χ4v) is 3.98. The van der Waals surface area contributed by atoms with E-state index in [1.807, 2.05) is 6.92 Å². The number of piperidine rings is 1. The van der Waals surface area contributed by atoms with Gasteiger partial charge in [0.05, 0.1) is 10.9 Å². The fourth-order valence-electron chi connectivity index (χ4n) is 2.91. The van der Waals surface area contributed by atoms with E-state index in [9.17, 15) is 8.42 Å². The van der Waals surface area contributed by atoms with Crippen LogP contribution >= 0.6 is 0 Å². The van der Waals surface area contributed by atoms with Crippen LogP contribution in [0, 0.1) is 6.92 Å². The highest BCUT2D eigenvalue weighted by molar-refractivity contribution is 7.91. The summed E-state index contributed by atoms with van der Waals surface area (Å²) in [6, 6.07) is 0. The second kappa shape index (κ2) is 5.47. The number of nitrogens with two attached hydrogens (primary N) is 1. The maximum absolute atomic E-state index is 11.6. The summed E-state index contributed by atoms with van der Waals surface area (Å²) in [5.74, 6) is 0. The zero-order valence-corrected chi connectivity index (χ0v) is 13.4. The zero-order chi connectivity index (χ0) is 15.9. The van der Waals surface area contributed by atoms with Gasteiger partial charge in [0.2, 0.25) is 5.65 Å². The lowest BCUT2D eigenvalue weighted by Crippen LogP contribution is -2.38. The lowest BCUT2D eigenvalue weighted by Gasteiger charge is -2.31. The van der Waals surface area contributed by atoms with Crippen LogP contribution in [0.15, 0.2) is 4.63 Å². The normalized spacial score (nSPS) is 18.1. The van der Waals surface area contributed by atoms with E-state index in [1.165, 1.54) is 6.26 Å². The number of hydrogen-bond acceptors (Lipinski definition) is 8. The highest BCUT2D eigenvalue weighted by Gasteiger charge is 2.27. The third kappa shape index (κ3) is 2.78. The molecule has 22 heavy (non-hydrogen) atoms. The highest BCUT2D eigenvalue weighted by atomic mass is 32.2. The van der Waals surface area contributed by atoms with Crippen LogP contribution in [0.3, 0.4) is 0 Å². The molecule has 2 aromatic heterocycles. The highest BCUT2D eigenvalue weighted by Crippen LogP contribution is 2.26. The minimum atomic E-state index is -2.95. The van der Waals surface area contributed by atoms with E-state index in [-0.39, 0.29) is 5.25 Å². The van der Waals surface area contributed by atoms with Gasteiger partial charge >= 0.3 is 0 Å². The summed E-state index contributed by atoms with van der Waals surface area (Å²) in [4.78, 5) is 6.54. The van der Waals surface area contributed by atoms with Crippen LogP contribution in [0.5, 0.6) is 0 Å². The first-order chi connectivity index (χ1) is 10.4. The Labute approximate surface area is 128 Å². The summed E-state index contributed by atoms with van der Waals surface area (Å²) in [7, 11) is -2.95. The fraction of sp³-hybridized carbons (Fsp3) is 0.615. The maximum atomic E-state index is 11.6. The quantitative estimate of drug-likeness (QED) is 0.868. The molecule has 1 fully saturated rings. The van der Waals surface area contributed by atoms with Crippen molar-refractivity contribution in [2.24, 2.45) is 0 Å². The Hall–Kier alpha value is -1.74. The number of nitrogen functional groups attached to an aromatic ring is 1. The predicted octanol–water partition coefficient (Wildman–Crippen LogP) is 0.517. The van der Waals surface area contributed by atoms with Gasteiger partial charge < -0.3 is 5.73 Å². The first kappa shape index (κ1) is 15.2. The molecule has 0 radical (unpaired) electrons. The van der Waals surface area contributed by atoms with Crippen molar-refractivity contribution >= 4 is 26.7 Å². The number of fused-ring (bicyclic) bond motifs is 1. The molecular weight excluding hydrogens is 306 g/mol. The minimum Gasteiger partial charge on any atom is -0.396 e. The Morgan fingerprint density at radius 1 is 1.32 bits per heavy atom. The summed E-state index contributed by atoms with van der Waals surface area (Å²) in [6.07, 6.45) is 2.61. The Balaban J connectivity index is 1.77. The van der Waals surface area contributed by atoms with Crippen molar-refractivity contribution in [1.29, 1.82) is 0 Å². The molecule has 1 aliphatic heterocycles. The molecule has 0 saturated carbocycles. The monoisotopic (exact) mass is 325 g/mol. The molecule has 3 rings (SSSR count). The molecule has 3 heterocycles. The van der Waals surface area contributed by atoms with Crippen molar-refractivity contribution in [3.05, 3.63) is 11.3 Å². The molecule has 0 spiro atoms. The number of likely N-dealkylation sites (tertiary alicyclic amines) is 1. The largest absolute Gasteiger partial charge is 0.396 e. The number of hydrogen-bond donors (Lipinski definition) is 1. The van der Waals surface area contributed by atoms with Crippen molar-refractivity contribution in [2.75, 3.05) is 25.1 Å². The van der Waals surface area contributed by atoms with Gasteiger partial charge in [-0.15, -0.1) is 0 Å². The Morgan fingerprint density at radius 3 is 2.64 bits per heavy atom. The van der Waals surface area contributed by atoms with Crippen LogP contribution in [0.25, 0.3) is 11.2 Å². The molecule has 1 saturated heterocycles. The number of aromatic nitrogens is 3. The molecule has 0 aliphatic carbocycles. The van der Waals surface area contributed by atoms with Gasteiger partial charge in [-0.1, -0.05) is 0 Å². The van der Waals surface area contributed by atoms with E-state index >= 15 is 0 Å². The molecule has 0 bridgehead atoms. The minimum absolute atomic E-state index is 0.234. The first-order valence-corrected chi connectivity index (χ1v) is 9.10. The lowest BCUT2D eigenvalue weighted by atomic mass is 10.1. The summed E-state index contributed by atoms with van der Waals surface area (Å²) in [6.45, 7) is 3.96. The maximum Gasteiger partial charge on any atom is 0.226 e. The molecule has 1 aliphatic rings. The number of anilines is 1. The molecule has 8 nitrogen and oxygen atoms in total. The number of rotatable bonds is 3. The van der Waals surface area contributed by atoms with Gasteiger partial charge in [0.1, 0.15) is 9.84 Å². The van der Waals surface area contributed by atoms with E-state index in [2.05, 4.69) is 24.8 Å². The zero-order valence-electron chi connectivity index (χ0n) is 12.6. The standard InChI is InChI=1S/C13H19N5O3S/c1-8-10(11(14)12-13(15-8)17-21-16-12)7-18-5-3-9(4-6-18)22(2,19)20/h9H,3-7,14H2,1-2H3. The lowest BCUT2D eigenvalue weighted by molar-refractivity contribution is 0.222. The van der Waals surface area contributed by atoms with E-state index in [1.54, 1.807) is 0 Å². The average molecular weight is 325 g/mol. The van der Waals surface area contributed by atoms with Crippen LogP contribution in [-0.4, -0.2) is 53.2 Å². The average Bonchev–Trinajstić information content (AvgIpc) is 2.91. The molecule has 120 valence electrons. The molecule has 0 amide bonds. The molecule has 0 unspecified atom stereocenters. The van der Waals surface area contributed by atoms with Crippen molar-refractivity contribution in [3.8, 4) is 0 Å². The third-order valence-electron chi connectivity index (χ3n) is 4.28. The molecule has 9 heteroatoms. The van der Waals surface area contributed by atoms with Gasteiger partial charge in [0, 0.05) is 24.1 Å². The topological polar surface area (TPSA) is 115 Å². The van der Waals surface area contributed by atoms with E-state index in [0.29, 0.717) is 36.2 Å². The molecular formula is C13H19N5O3S. The van der Waals surface area contributed by atoms with E-state index in [0.717, 1.165) is 24.3 Å². The summed E-state index contributed by atoms with van der Waals surface area (Å²) in [5, 5.41) is 7.26. The Bertz CT molecular complexity index is 793. The number of pyridine rings is 1. The number of nitrogens with zero attached hydrogens (tertiary/aromatic N) is 4. The molecule has 2 N–H and O–H groups in total. The Morgan fingerprint density at radius 2 is 2.00 bits per heavy atom. The second-order valence-corrected chi connectivity index (χ2v) is 8.16. The van der Waals surface area contributed by atoms with E-state index < -0.39 is 9.84 Å². The smallest absolute Gasteiger partial charge is 0.226 e. The van der Waals surface area contributed by atoms with Crippen molar-refractivity contribution in [2.45, 2.75) is 31.6 Å². The van der Waals surface area contributed by atoms with Crippen molar-refractivity contribution in [1.82, 2.24) is 20.2 Å². The summed E-state index contributed by atoms with van der Waals surface area (Å²) < 4.78 is 27.9. The third-order valence-corrected chi connectivity index (χ3v) is 5.97. The second-order valence-electron chi connectivity index (χ2n) is 5.83. The van der Waals surface area contributed by atoms with Crippen LogP contribution in [-0.2, 0) is 16.4 Å². The first-order valence-electron chi connectivity index (χ1n) is 7.14. The Kier molecular flexibility index (Phi) is 3.77. The van der Waals surface area contributed by atoms with Crippen molar-refractivity contribution < 1.29 is 13.0 Å². The van der Waals surface area contributed by atoms with Crippen LogP contribution in [0.4, 0.5) is 5.69 Å². The SMILES string of the molecule is Cc1nc2nonc2c(N)c1CN1CCC(S(C)(=O)=O)CC1.